The SMILES string of the molecule is CCCCCSCC(NC(C)C)(C(=O)O)c1ccccc1. The molecule has 0 bridgehead atoms. The summed E-state index contributed by atoms with van der Waals surface area (Å²) in [5.41, 5.74) is -0.180. The van der Waals surface area contributed by atoms with Gasteiger partial charge >= 0.3 is 5.97 Å². The van der Waals surface area contributed by atoms with Gasteiger partial charge in [0.1, 0.15) is 0 Å². The normalized spacial score (nSPS) is 14.1. The zero-order chi connectivity index (χ0) is 15.7. The lowest BCUT2D eigenvalue weighted by atomic mass is 9.91. The summed E-state index contributed by atoms with van der Waals surface area (Å²) in [6.07, 6.45) is 3.54. The molecule has 0 fully saturated rings. The summed E-state index contributed by atoms with van der Waals surface area (Å²) in [6.45, 7) is 6.15. The molecular weight excluding hydrogens is 282 g/mol. The average Bonchev–Trinajstić information content (AvgIpc) is 2.46. The van der Waals surface area contributed by atoms with Crippen LogP contribution in [-0.4, -0.2) is 28.6 Å². The highest BCUT2D eigenvalue weighted by molar-refractivity contribution is 7.99. The first-order chi connectivity index (χ1) is 10.0. The lowest BCUT2D eigenvalue weighted by Gasteiger charge is -2.33. The van der Waals surface area contributed by atoms with E-state index in [9.17, 15) is 9.90 Å². The Hall–Kier alpha value is -1.00. The summed E-state index contributed by atoms with van der Waals surface area (Å²) in [7, 11) is 0. The van der Waals surface area contributed by atoms with E-state index in [0.717, 1.165) is 17.7 Å². The largest absolute Gasteiger partial charge is 0.480 e. The molecule has 3 nitrogen and oxygen atoms in total. The number of thioether (sulfide) groups is 1. The van der Waals surface area contributed by atoms with Crippen molar-refractivity contribution in [3.63, 3.8) is 0 Å². The van der Waals surface area contributed by atoms with E-state index in [2.05, 4.69) is 12.2 Å². The standard InChI is InChI=1S/C17H27NO2S/c1-4-5-9-12-21-13-17(16(19)20,18-14(2)3)15-10-7-6-8-11-15/h6-8,10-11,14,18H,4-5,9,12-13H2,1-3H3,(H,19,20). The fraction of sp³-hybridized carbons (Fsp3) is 0.588. The van der Waals surface area contributed by atoms with Crippen LogP contribution in [-0.2, 0) is 10.3 Å². The summed E-state index contributed by atoms with van der Waals surface area (Å²) < 4.78 is 0. The van der Waals surface area contributed by atoms with E-state index in [1.807, 2.05) is 44.2 Å². The summed E-state index contributed by atoms with van der Waals surface area (Å²) in [6, 6.07) is 9.62. The Balaban J connectivity index is 2.89. The molecule has 118 valence electrons. The van der Waals surface area contributed by atoms with E-state index in [0.29, 0.717) is 5.75 Å². The smallest absolute Gasteiger partial charge is 0.329 e. The van der Waals surface area contributed by atoms with Crippen LogP contribution < -0.4 is 5.32 Å². The Morgan fingerprint density at radius 2 is 1.95 bits per heavy atom. The molecule has 1 atom stereocenters. The summed E-state index contributed by atoms with van der Waals surface area (Å²) in [5, 5.41) is 13.1. The second kappa shape index (κ2) is 9.11. The molecule has 4 heteroatoms. The molecule has 0 saturated carbocycles. The number of nitrogens with one attached hydrogen (secondary N) is 1. The van der Waals surface area contributed by atoms with Crippen molar-refractivity contribution in [2.45, 2.75) is 51.6 Å². The average molecular weight is 309 g/mol. The van der Waals surface area contributed by atoms with E-state index in [-0.39, 0.29) is 6.04 Å². The van der Waals surface area contributed by atoms with Gasteiger partial charge in [-0.3, -0.25) is 5.32 Å². The van der Waals surface area contributed by atoms with Crippen molar-refractivity contribution in [1.29, 1.82) is 0 Å². The molecule has 0 aromatic heterocycles. The van der Waals surface area contributed by atoms with E-state index >= 15 is 0 Å². The number of benzene rings is 1. The van der Waals surface area contributed by atoms with Crippen LogP contribution in [0.25, 0.3) is 0 Å². The van der Waals surface area contributed by atoms with Gasteiger partial charge in [-0.2, -0.15) is 11.8 Å². The molecule has 0 aliphatic carbocycles. The minimum atomic E-state index is -1.01. The van der Waals surface area contributed by atoms with Gasteiger partial charge in [0.05, 0.1) is 0 Å². The van der Waals surface area contributed by atoms with Crippen LogP contribution in [0.2, 0.25) is 0 Å². The first kappa shape index (κ1) is 18.1. The van der Waals surface area contributed by atoms with Gasteiger partial charge in [0.15, 0.2) is 5.54 Å². The quantitative estimate of drug-likeness (QED) is 0.644. The molecule has 21 heavy (non-hydrogen) atoms. The minimum absolute atomic E-state index is 0.109. The minimum Gasteiger partial charge on any atom is -0.480 e. The summed E-state index contributed by atoms with van der Waals surface area (Å²) in [5.74, 6) is 0.759. The molecule has 0 amide bonds. The second-order valence-corrected chi connectivity index (χ2v) is 6.74. The van der Waals surface area contributed by atoms with Gasteiger partial charge in [-0.25, -0.2) is 4.79 Å². The molecule has 1 aromatic rings. The topological polar surface area (TPSA) is 49.3 Å². The van der Waals surface area contributed by atoms with Crippen molar-refractivity contribution in [3.8, 4) is 0 Å². The molecular formula is C17H27NO2S. The highest BCUT2D eigenvalue weighted by atomic mass is 32.2. The number of carbonyl (C=O) groups is 1. The van der Waals surface area contributed by atoms with Crippen LogP contribution in [0.3, 0.4) is 0 Å². The molecule has 0 aliphatic heterocycles. The number of hydrogen-bond donors (Lipinski definition) is 2. The predicted molar refractivity (Wildman–Crippen MR) is 90.9 cm³/mol. The highest BCUT2D eigenvalue weighted by Crippen LogP contribution is 2.27. The zero-order valence-corrected chi connectivity index (χ0v) is 14.1. The lowest BCUT2D eigenvalue weighted by molar-refractivity contribution is -0.144. The summed E-state index contributed by atoms with van der Waals surface area (Å²) in [4.78, 5) is 12.0. The van der Waals surface area contributed by atoms with Crippen molar-refractivity contribution in [2.24, 2.45) is 0 Å². The number of carboxylic acids is 1. The summed E-state index contributed by atoms with van der Waals surface area (Å²) >= 11 is 1.72. The van der Waals surface area contributed by atoms with Gasteiger partial charge in [-0.1, -0.05) is 50.1 Å². The Morgan fingerprint density at radius 1 is 1.29 bits per heavy atom. The van der Waals surface area contributed by atoms with E-state index in [4.69, 9.17) is 0 Å². The van der Waals surface area contributed by atoms with Gasteiger partial charge in [0, 0.05) is 11.8 Å². The molecule has 1 rings (SSSR count). The third-order valence-corrected chi connectivity index (χ3v) is 4.59. The number of carboxylic acid groups (broad SMARTS) is 1. The first-order valence-electron chi connectivity index (χ1n) is 7.67. The van der Waals surface area contributed by atoms with Crippen LogP contribution in [0.1, 0.15) is 45.6 Å². The van der Waals surface area contributed by atoms with Crippen molar-refractivity contribution in [3.05, 3.63) is 35.9 Å². The second-order valence-electron chi connectivity index (χ2n) is 5.64. The maximum absolute atomic E-state index is 12.0. The predicted octanol–water partition coefficient (Wildman–Crippen LogP) is 3.89. The Bertz CT molecular complexity index is 422. The van der Waals surface area contributed by atoms with Crippen LogP contribution >= 0.6 is 11.8 Å². The Morgan fingerprint density at radius 3 is 2.48 bits per heavy atom. The van der Waals surface area contributed by atoms with Crippen molar-refractivity contribution in [1.82, 2.24) is 5.32 Å². The maximum atomic E-state index is 12.0. The monoisotopic (exact) mass is 309 g/mol. The molecule has 0 heterocycles. The van der Waals surface area contributed by atoms with Crippen LogP contribution in [0.5, 0.6) is 0 Å². The third-order valence-electron chi connectivity index (χ3n) is 3.38. The van der Waals surface area contributed by atoms with Gasteiger partial charge < -0.3 is 5.11 Å². The van der Waals surface area contributed by atoms with Gasteiger partial charge in [0.25, 0.3) is 0 Å². The third kappa shape index (κ3) is 5.36. The van der Waals surface area contributed by atoms with Crippen LogP contribution in [0.4, 0.5) is 0 Å². The molecule has 0 radical (unpaired) electrons. The van der Waals surface area contributed by atoms with E-state index < -0.39 is 11.5 Å². The Kier molecular flexibility index (Phi) is 7.83. The van der Waals surface area contributed by atoms with E-state index in [1.54, 1.807) is 11.8 Å². The molecule has 0 spiro atoms. The number of unbranched alkanes of at least 4 members (excludes halogenated alkanes) is 2. The lowest BCUT2D eigenvalue weighted by Crippen LogP contribution is -2.54. The van der Waals surface area contributed by atoms with Gasteiger partial charge in [0.2, 0.25) is 0 Å². The van der Waals surface area contributed by atoms with Crippen LogP contribution in [0.15, 0.2) is 30.3 Å². The number of hydrogen-bond acceptors (Lipinski definition) is 3. The highest BCUT2D eigenvalue weighted by Gasteiger charge is 2.40. The van der Waals surface area contributed by atoms with Crippen molar-refractivity contribution >= 4 is 17.7 Å². The number of rotatable bonds is 10. The number of aliphatic carboxylic acids is 1. The molecule has 0 aliphatic rings. The molecule has 1 unspecified atom stereocenters. The Labute approximate surface area is 132 Å². The van der Waals surface area contributed by atoms with Gasteiger partial charge in [-0.05, 0) is 31.6 Å². The van der Waals surface area contributed by atoms with Crippen molar-refractivity contribution < 1.29 is 9.90 Å². The molecule has 0 saturated heterocycles. The maximum Gasteiger partial charge on any atom is 0.329 e. The zero-order valence-electron chi connectivity index (χ0n) is 13.3. The molecule has 2 N–H and O–H groups in total. The fourth-order valence-electron chi connectivity index (χ4n) is 2.35. The van der Waals surface area contributed by atoms with E-state index in [1.165, 1.54) is 12.8 Å². The fourth-order valence-corrected chi connectivity index (χ4v) is 3.58. The van der Waals surface area contributed by atoms with Gasteiger partial charge in [-0.15, -0.1) is 0 Å². The molecule has 1 aromatic carbocycles. The van der Waals surface area contributed by atoms with Crippen LogP contribution in [0, 0.1) is 0 Å². The first-order valence-corrected chi connectivity index (χ1v) is 8.82. The van der Waals surface area contributed by atoms with Crippen molar-refractivity contribution in [2.75, 3.05) is 11.5 Å².